The van der Waals surface area contributed by atoms with Gasteiger partial charge in [-0.1, -0.05) is 12.8 Å². The molecule has 104 valence electrons. The lowest BCUT2D eigenvalue weighted by Crippen LogP contribution is -2.43. The summed E-state index contributed by atoms with van der Waals surface area (Å²) in [4.78, 5) is 12.2. The molecule has 0 aliphatic heterocycles. The van der Waals surface area contributed by atoms with Crippen molar-refractivity contribution in [2.75, 3.05) is 6.26 Å². The third-order valence-corrected chi connectivity index (χ3v) is 5.37. The van der Waals surface area contributed by atoms with Gasteiger partial charge in [-0.3, -0.25) is 4.79 Å². The Balaban J connectivity index is 2.05. The molecule has 19 heavy (non-hydrogen) atoms. The zero-order chi connectivity index (χ0) is 13.8. The molecule has 1 aliphatic rings. The van der Waals surface area contributed by atoms with Crippen molar-refractivity contribution in [1.29, 1.82) is 0 Å². The van der Waals surface area contributed by atoms with Crippen molar-refractivity contribution in [3.05, 3.63) is 28.2 Å². The summed E-state index contributed by atoms with van der Waals surface area (Å²) >= 11 is 5.04. The van der Waals surface area contributed by atoms with Crippen LogP contribution in [0.3, 0.4) is 0 Å². The number of rotatable bonds is 3. The van der Waals surface area contributed by atoms with Gasteiger partial charge in [0.05, 0.1) is 4.47 Å². The molecule has 5 heteroatoms. The Kier molecular flexibility index (Phi) is 5.16. The quantitative estimate of drug-likeness (QED) is 0.882. The minimum Gasteiger partial charge on any atom is -0.507 e. The molecular formula is C14H18BrNO2S. The number of carbonyl (C=O) groups excluding carboxylic acids is 1. The maximum Gasteiger partial charge on any atom is 0.251 e. The molecule has 0 radical (unpaired) electrons. The summed E-state index contributed by atoms with van der Waals surface area (Å²) in [6.07, 6.45) is 6.72. The molecule has 2 atom stereocenters. The number of halogens is 1. The highest BCUT2D eigenvalue weighted by atomic mass is 79.9. The molecule has 0 spiro atoms. The van der Waals surface area contributed by atoms with Gasteiger partial charge in [-0.25, -0.2) is 0 Å². The van der Waals surface area contributed by atoms with E-state index in [0.717, 1.165) is 12.8 Å². The molecule has 1 aromatic carbocycles. The molecule has 0 aromatic heterocycles. The Hall–Kier alpha value is -0.680. The van der Waals surface area contributed by atoms with E-state index in [1.54, 1.807) is 12.1 Å². The van der Waals surface area contributed by atoms with Gasteiger partial charge in [0.2, 0.25) is 0 Å². The van der Waals surface area contributed by atoms with Crippen LogP contribution < -0.4 is 5.32 Å². The second kappa shape index (κ2) is 6.66. The summed E-state index contributed by atoms with van der Waals surface area (Å²) in [5.41, 5.74) is 0.506. The maximum atomic E-state index is 12.2. The molecule has 1 aromatic rings. The third-order valence-electron chi connectivity index (χ3n) is 3.53. The van der Waals surface area contributed by atoms with Crippen molar-refractivity contribution in [3.8, 4) is 5.75 Å². The van der Waals surface area contributed by atoms with Crippen LogP contribution in [0, 0.1) is 0 Å². The number of aromatic hydroxyl groups is 1. The van der Waals surface area contributed by atoms with E-state index in [4.69, 9.17) is 0 Å². The lowest BCUT2D eigenvalue weighted by atomic mass is 9.94. The molecule has 3 nitrogen and oxygen atoms in total. The van der Waals surface area contributed by atoms with Crippen LogP contribution in [0.4, 0.5) is 0 Å². The molecule has 1 amide bonds. The summed E-state index contributed by atoms with van der Waals surface area (Å²) in [6, 6.07) is 5.14. The van der Waals surface area contributed by atoms with Gasteiger partial charge < -0.3 is 10.4 Å². The topological polar surface area (TPSA) is 49.3 Å². The average molecular weight is 344 g/mol. The zero-order valence-electron chi connectivity index (χ0n) is 10.9. The lowest BCUT2D eigenvalue weighted by Gasteiger charge is -2.30. The number of phenolic OH excluding ortho intramolecular Hbond substituents is 1. The van der Waals surface area contributed by atoms with E-state index in [2.05, 4.69) is 27.5 Å². The fraction of sp³-hybridized carbons (Fsp3) is 0.500. The van der Waals surface area contributed by atoms with E-state index in [0.29, 0.717) is 15.3 Å². The molecule has 2 N–H and O–H groups in total. The van der Waals surface area contributed by atoms with Crippen molar-refractivity contribution in [2.24, 2.45) is 0 Å². The predicted octanol–water partition coefficient (Wildman–Crippen LogP) is 3.56. The minimum atomic E-state index is -0.103. The van der Waals surface area contributed by atoms with Crippen molar-refractivity contribution < 1.29 is 9.90 Å². The highest BCUT2D eigenvalue weighted by Gasteiger charge is 2.26. The van der Waals surface area contributed by atoms with Gasteiger partial charge in [-0.15, -0.1) is 0 Å². The van der Waals surface area contributed by atoms with Crippen LogP contribution >= 0.6 is 27.7 Å². The zero-order valence-corrected chi connectivity index (χ0v) is 13.3. The molecule has 1 saturated carbocycles. The van der Waals surface area contributed by atoms with Gasteiger partial charge in [0.25, 0.3) is 5.91 Å². The normalized spacial score (nSPS) is 23.1. The van der Waals surface area contributed by atoms with Crippen LogP contribution in [0.5, 0.6) is 5.75 Å². The number of thioether (sulfide) groups is 1. The van der Waals surface area contributed by atoms with E-state index in [-0.39, 0.29) is 17.7 Å². The Labute approximate surface area is 126 Å². The van der Waals surface area contributed by atoms with Crippen LogP contribution in [-0.2, 0) is 0 Å². The number of nitrogens with one attached hydrogen (secondary N) is 1. The van der Waals surface area contributed by atoms with Gasteiger partial charge >= 0.3 is 0 Å². The fourth-order valence-electron chi connectivity index (χ4n) is 2.45. The molecule has 1 fully saturated rings. The van der Waals surface area contributed by atoms with Crippen LogP contribution in [0.15, 0.2) is 22.7 Å². The molecule has 1 aliphatic carbocycles. The average Bonchev–Trinajstić information content (AvgIpc) is 2.42. The van der Waals surface area contributed by atoms with Crippen LogP contribution in [0.25, 0.3) is 0 Å². The number of amides is 1. The van der Waals surface area contributed by atoms with Gasteiger partial charge in [0.1, 0.15) is 5.75 Å². The van der Waals surface area contributed by atoms with Crippen molar-refractivity contribution >= 4 is 33.6 Å². The van der Waals surface area contributed by atoms with Crippen molar-refractivity contribution in [2.45, 2.75) is 37.0 Å². The number of hydrogen-bond donors (Lipinski definition) is 2. The Morgan fingerprint density at radius 2 is 2.16 bits per heavy atom. The summed E-state index contributed by atoms with van der Waals surface area (Å²) in [5.74, 6) is -0.00791. The standard InChI is InChI=1S/C14H18BrNO2S/c1-19-13-5-3-2-4-11(13)16-14(18)9-6-7-10(15)12(17)8-9/h6-8,11,13,17H,2-5H2,1H3,(H,16,18). The Bertz CT molecular complexity index is 467. The van der Waals surface area contributed by atoms with Gasteiger partial charge in [-0.05, 0) is 53.2 Å². The highest BCUT2D eigenvalue weighted by Crippen LogP contribution is 2.28. The van der Waals surface area contributed by atoms with E-state index in [9.17, 15) is 9.90 Å². The minimum absolute atomic E-state index is 0.0951. The van der Waals surface area contributed by atoms with E-state index < -0.39 is 0 Å². The van der Waals surface area contributed by atoms with Crippen LogP contribution in [0.2, 0.25) is 0 Å². The van der Waals surface area contributed by atoms with Crippen LogP contribution in [0.1, 0.15) is 36.0 Å². The van der Waals surface area contributed by atoms with Crippen molar-refractivity contribution in [3.63, 3.8) is 0 Å². The molecule has 0 heterocycles. The third kappa shape index (κ3) is 3.66. The lowest BCUT2D eigenvalue weighted by molar-refractivity contribution is 0.0929. The molecule has 0 bridgehead atoms. The van der Waals surface area contributed by atoms with E-state index in [1.165, 1.54) is 18.9 Å². The largest absolute Gasteiger partial charge is 0.507 e. The Morgan fingerprint density at radius 3 is 2.84 bits per heavy atom. The summed E-state index contributed by atoms with van der Waals surface area (Å²) in [7, 11) is 0. The molecule has 0 saturated heterocycles. The van der Waals surface area contributed by atoms with Gasteiger partial charge in [-0.2, -0.15) is 11.8 Å². The summed E-state index contributed by atoms with van der Waals surface area (Å²) in [5, 5.41) is 13.2. The highest BCUT2D eigenvalue weighted by molar-refractivity contribution is 9.10. The smallest absolute Gasteiger partial charge is 0.251 e. The number of carbonyl (C=O) groups is 1. The monoisotopic (exact) mass is 343 g/mol. The Morgan fingerprint density at radius 1 is 1.42 bits per heavy atom. The van der Waals surface area contributed by atoms with E-state index in [1.807, 2.05) is 11.8 Å². The first-order valence-electron chi connectivity index (χ1n) is 6.44. The SMILES string of the molecule is CSC1CCCCC1NC(=O)c1ccc(Br)c(O)c1. The van der Waals surface area contributed by atoms with Gasteiger partial charge in [0, 0.05) is 16.9 Å². The maximum absolute atomic E-state index is 12.2. The molecule has 2 rings (SSSR count). The summed E-state index contributed by atoms with van der Waals surface area (Å²) < 4.78 is 0.601. The molecular weight excluding hydrogens is 326 g/mol. The first-order valence-corrected chi connectivity index (χ1v) is 8.52. The predicted molar refractivity (Wildman–Crippen MR) is 82.8 cm³/mol. The van der Waals surface area contributed by atoms with Gasteiger partial charge in [0.15, 0.2) is 0 Å². The second-order valence-electron chi connectivity index (χ2n) is 4.80. The number of benzene rings is 1. The number of hydrogen-bond acceptors (Lipinski definition) is 3. The first kappa shape index (κ1) is 14.7. The number of phenols is 1. The van der Waals surface area contributed by atoms with E-state index >= 15 is 0 Å². The second-order valence-corrected chi connectivity index (χ2v) is 6.74. The van der Waals surface area contributed by atoms with Crippen LogP contribution in [-0.4, -0.2) is 28.6 Å². The van der Waals surface area contributed by atoms with Crippen molar-refractivity contribution in [1.82, 2.24) is 5.32 Å². The first-order chi connectivity index (χ1) is 9.11. The summed E-state index contributed by atoms with van der Waals surface area (Å²) in [6.45, 7) is 0. The molecule has 2 unspecified atom stereocenters. The fourth-order valence-corrected chi connectivity index (χ4v) is 3.63.